The van der Waals surface area contributed by atoms with Crippen LogP contribution in [-0.4, -0.2) is 30.9 Å². The quantitative estimate of drug-likeness (QED) is 0.929. The molecule has 1 aromatic heterocycles. The van der Waals surface area contributed by atoms with Crippen LogP contribution in [0.25, 0.3) is 0 Å². The lowest BCUT2D eigenvalue weighted by molar-refractivity contribution is -0.137. The van der Waals surface area contributed by atoms with Crippen LogP contribution < -0.4 is 5.32 Å². The summed E-state index contributed by atoms with van der Waals surface area (Å²) in [6.45, 7) is 0. The number of sulfone groups is 1. The summed E-state index contributed by atoms with van der Waals surface area (Å²) in [4.78, 5) is 3.87. The SMILES string of the molecule is CS(=O)(=O)[C@@H]1CCC[C@@H](Nc2cc(C(F)(F)F)ccn2)C1. The summed E-state index contributed by atoms with van der Waals surface area (Å²) >= 11 is 0. The van der Waals surface area contributed by atoms with Gasteiger partial charge in [-0.2, -0.15) is 13.2 Å². The van der Waals surface area contributed by atoms with Crippen LogP contribution in [0.1, 0.15) is 31.2 Å². The van der Waals surface area contributed by atoms with Crippen molar-refractivity contribution < 1.29 is 21.6 Å². The van der Waals surface area contributed by atoms with Crippen LogP contribution in [0.4, 0.5) is 19.0 Å². The van der Waals surface area contributed by atoms with Gasteiger partial charge in [0.15, 0.2) is 0 Å². The van der Waals surface area contributed by atoms with E-state index in [2.05, 4.69) is 10.3 Å². The number of anilines is 1. The van der Waals surface area contributed by atoms with E-state index in [1.807, 2.05) is 0 Å². The van der Waals surface area contributed by atoms with Gasteiger partial charge in [0.05, 0.1) is 10.8 Å². The summed E-state index contributed by atoms with van der Waals surface area (Å²) in [5, 5.41) is 2.48. The number of nitrogens with one attached hydrogen (secondary N) is 1. The molecule has 118 valence electrons. The van der Waals surface area contributed by atoms with Gasteiger partial charge in [-0.25, -0.2) is 13.4 Å². The van der Waals surface area contributed by atoms with Crippen LogP contribution >= 0.6 is 0 Å². The zero-order chi connectivity index (χ0) is 15.7. The summed E-state index contributed by atoms with van der Waals surface area (Å²) in [5.74, 6) is 0.129. The van der Waals surface area contributed by atoms with Crippen molar-refractivity contribution in [2.75, 3.05) is 11.6 Å². The van der Waals surface area contributed by atoms with Crippen molar-refractivity contribution in [1.82, 2.24) is 4.98 Å². The molecule has 1 heterocycles. The van der Waals surface area contributed by atoms with Gasteiger partial charge < -0.3 is 5.32 Å². The maximum Gasteiger partial charge on any atom is 0.416 e. The van der Waals surface area contributed by atoms with Crippen molar-refractivity contribution in [3.63, 3.8) is 0 Å². The predicted octanol–water partition coefficient (Wildman–Crippen LogP) is 2.87. The van der Waals surface area contributed by atoms with Gasteiger partial charge in [0, 0.05) is 18.5 Å². The molecular formula is C13H17F3N2O2S. The minimum atomic E-state index is -4.42. The van der Waals surface area contributed by atoms with Crippen LogP contribution in [0, 0.1) is 0 Å². The van der Waals surface area contributed by atoms with Gasteiger partial charge in [0.25, 0.3) is 0 Å². The Hall–Kier alpha value is -1.31. The van der Waals surface area contributed by atoms with Crippen molar-refractivity contribution in [2.24, 2.45) is 0 Å². The monoisotopic (exact) mass is 322 g/mol. The summed E-state index contributed by atoms with van der Waals surface area (Å²) in [5.41, 5.74) is -0.768. The molecule has 0 aromatic carbocycles. The molecule has 4 nitrogen and oxygen atoms in total. The average molecular weight is 322 g/mol. The zero-order valence-corrected chi connectivity index (χ0v) is 12.3. The Labute approximate surface area is 121 Å². The molecule has 0 unspecified atom stereocenters. The smallest absolute Gasteiger partial charge is 0.367 e. The number of aromatic nitrogens is 1. The second-order valence-corrected chi connectivity index (χ2v) is 7.71. The molecule has 1 aromatic rings. The first kappa shape index (κ1) is 16.1. The Morgan fingerprint density at radius 2 is 2.05 bits per heavy atom. The minimum Gasteiger partial charge on any atom is -0.367 e. The Bertz CT molecular complexity index is 602. The average Bonchev–Trinajstić information content (AvgIpc) is 2.37. The standard InChI is InChI=1S/C13H17F3N2O2S/c1-21(19,20)11-4-2-3-10(8-11)18-12-7-9(5-6-17-12)13(14,15)16/h5-7,10-11H,2-4,8H2,1H3,(H,17,18)/t10-,11-/m1/s1. The van der Waals surface area contributed by atoms with Gasteiger partial charge in [-0.3, -0.25) is 0 Å². The number of hydrogen-bond acceptors (Lipinski definition) is 4. The van der Waals surface area contributed by atoms with Crippen molar-refractivity contribution in [3.05, 3.63) is 23.9 Å². The molecule has 0 amide bonds. The molecule has 8 heteroatoms. The highest BCUT2D eigenvalue weighted by molar-refractivity contribution is 7.91. The first-order valence-corrected chi connectivity index (χ1v) is 8.60. The fourth-order valence-electron chi connectivity index (χ4n) is 2.56. The number of hydrogen-bond donors (Lipinski definition) is 1. The van der Waals surface area contributed by atoms with Gasteiger partial charge in [-0.15, -0.1) is 0 Å². The normalized spacial score (nSPS) is 23.8. The van der Waals surface area contributed by atoms with E-state index in [0.717, 1.165) is 31.2 Å². The van der Waals surface area contributed by atoms with E-state index < -0.39 is 26.8 Å². The van der Waals surface area contributed by atoms with Crippen molar-refractivity contribution in [2.45, 2.75) is 43.2 Å². The van der Waals surface area contributed by atoms with E-state index >= 15 is 0 Å². The molecule has 2 rings (SSSR count). The summed E-state index contributed by atoms with van der Waals surface area (Å²) in [6.07, 6.45) is 0.341. The first-order chi connectivity index (χ1) is 9.66. The molecule has 0 radical (unpaired) electrons. The van der Waals surface area contributed by atoms with E-state index in [0.29, 0.717) is 12.8 Å². The topological polar surface area (TPSA) is 59.1 Å². The molecule has 1 saturated carbocycles. The van der Waals surface area contributed by atoms with Crippen LogP contribution in [-0.2, 0) is 16.0 Å². The number of rotatable bonds is 3. The van der Waals surface area contributed by atoms with Gasteiger partial charge in [-0.1, -0.05) is 6.42 Å². The molecule has 0 aliphatic heterocycles. The fourth-order valence-corrected chi connectivity index (χ4v) is 3.74. The number of alkyl halides is 3. The van der Waals surface area contributed by atoms with Crippen LogP contribution in [0.3, 0.4) is 0 Å². The lowest BCUT2D eigenvalue weighted by Gasteiger charge is -2.29. The maximum absolute atomic E-state index is 12.6. The second-order valence-electron chi connectivity index (χ2n) is 5.39. The molecule has 0 spiro atoms. The zero-order valence-electron chi connectivity index (χ0n) is 11.5. The van der Waals surface area contributed by atoms with E-state index in [-0.39, 0.29) is 11.9 Å². The molecule has 2 atom stereocenters. The van der Waals surface area contributed by atoms with E-state index in [1.54, 1.807) is 0 Å². The highest BCUT2D eigenvalue weighted by Crippen LogP contribution is 2.31. The molecule has 1 N–H and O–H groups in total. The minimum absolute atomic E-state index is 0.129. The highest BCUT2D eigenvalue weighted by atomic mass is 32.2. The van der Waals surface area contributed by atoms with E-state index in [1.165, 1.54) is 6.26 Å². The van der Waals surface area contributed by atoms with Gasteiger partial charge in [0.2, 0.25) is 0 Å². The molecule has 21 heavy (non-hydrogen) atoms. The van der Waals surface area contributed by atoms with Gasteiger partial charge in [0.1, 0.15) is 15.7 Å². The first-order valence-electron chi connectivity index (χ1n) is 6.65. The van der Waals surface area contributed by atoms with E-state index in [9.17, 15) is 21.6 Å². The van der Waals surface area contributed by atoms with Crippen LogP contribution in [0.5, 0.6) is 0 Å². The molecule has 1 aliphatic carbocycles. The maximum atomic E-state index is 12.6. The summed E-state index contributed by atoms with van der Waals surface area (Å²) < 4.78 is 61.0. The number of pyridine rings is 1. The molecule has 0 bridgehead atoms. The molecule has 1 aliphatic rings. The third-order valence-corrected chi connectivity index (χ3v) is 5.31. The van der Waals surface area contributed by atoms with Crippen molar-refractivity contribution in [3.8, 4) is 0 Å². The Morgan fingerprint density at radius 3 is 2.67 bits per heavy atom. The van der Waals surface area contributed by atoms with Crippen LogP contribution in [0.15, 0.2) is 18.3 Å². The Balaban J connectivity index is 2.08. The Kier molecular flexibility index (Phi) is 4.46. The van der Waals surface area contributed by atoms with Crippen LogP contribution in [0.2, 0.25) is 0 Å². The van der Waals surface area contributed by atoms with E-state index in [4.69, 9.17) is 0 Å². The number of nitrogens with zero attached hydrogens (tertiary/aromatic N) is 1. The fraction of sp³-hybridized carbons (Fsp3) is 0.615. The molecule has 0 saturated heterocycles. The summed E-state index contributed by atoms with van der Waals surface area (Å²) in [7, 11) is -3.12. The molecular weight excluding hydrogens is 305 g/mol. The highest BCUT2D eigenvalue weighted by Gasteiger charge is 2.32. The summed E-state index contributed by atoms with van der Waals surface area (Å²) in [6, 6.07) is 1.68. The lowest BCUT2D eigenvalue weighted by atomic mass is 9.95. The second kappa shape index (κ2) is 5.82. The van der Waals surface area contributed by atoms with Gasteiger partial charge >= 0.3 is 6.18 Å². The third-order valence-electron chi connectivity index (χ3n) is 3.67. The number of halogens is 3. The third kappa shape index (κ3) is 4.33. The van der Waals surface area contributed by atoms with Crippen molar-refractivity contribution in [1.29, 1.82) is 0 Å². The molecule has 1 fully saturated rings. The Morgan fingerprint density at radius 1 is 1.33 bits per heavy atom. The lowest BCUT2D eigenvalue weighted by Crippen LogP contribution is -2.34. The predicted molar refractivity (Wildman–Crippen MR) is 73.7 cm³/mol. The largest absolute Gasteiger partial charge is 0.416 e. The van der Waals surface area contributed by atoms with Gasteiger partial charge in [-0.05, 0) is 31.4 Å². The van der Waals surface area contributed by atoms with Crippen molar-refractivity contribution >= 4 is 15.7 Å².